The van der Waals surface area contributed by atoms with Gasteiger partial charge in [0.1, 0.15) is 11.5 Å². The third-order valence-corrected chi connectivity index (χ3v) is 3.51. The summed E-state index contributed by atoms with van der Waals surface area (Å²) >= 11 is 0. The van der Waals surface area contributed by atoms with Crippen LogP contribution in [0.4, 0.5) is 0 Å². The maximum absolute atomic E-state index is 12.7. The lowest BCUT2D eigenvalue weighted by Crippen LogP contribution is -2.05. The molecule has 0 aliphatic carbocycles. The van der Waals surface area contributed by atoms with Crippen LogP contribution in [0.5, 0.6) is 11.5 Å². The topological polar surface area (TPSA) is 48.4 Å². The smallest absolute Gasteiger partial charge is 0.198 e. The molecule has 0 N–H and O–H groups in total. The highest BCUT2D eigenvalue weighted by atomic mass is 16.5. The Morgan fingerprint density at radius 2 is 1.82 bits per heavy atom. The van der Waals surface area contributed by atoms with Gasteiger partial charge in [-0.05, 0) is 24.3 Å². The lowest BCUT2D eigenvalue weighted by atomic mass is 10.0. The van der Waals surface area contributed by atoms with Crippen molar-refractivity contribution < 1.29 is 14.3 Å². The zero-order chi connectivity index (χ0) is 15.5. The second-order valence-corrected chi connectivity index (χ2v) is 4.81. The number of pyridine rings is 1. The number of ketones is 1. The molecule has 3 rings (SSSR count). The summed E-state index contributed by atoms with van der Waals surface area (Å²) in [5.74, 6) is 1.00. The van der Waals surface area contributed by atoms with Gasteiger partial charge < -0.3 is 9.47 Å². The molecule has 1 heterocycles. The molecule has 0 aliphatic rings. The highest BCUT2D eigenvalue weighted by Gasteiger charge is 2.16. The van der Waals surface area contributed by atoms with Crippen LogP contribution in [0.15, 0.2) is 54.7 Å². The molecule has 0 aliphatic heterocycles. The molecule has 0 amide bonds. The number of benzene rings is 2. The van der Waals surface area contributed by atoms with Crippen molar-refractivity contribution in [2.45, 2.75) is 0 Å². The van der Waals surface area contributed by atoms with Crippen molar-refractivity contribution in [1.82, 2.24) is 4.98 Å². The SMILES string of the molecule is COc1ccc(C(=O)c2cnc3ccccc3c2)c(OC)c1. The van der Waals surface area contributed by atoms with Gasteiger partial charge in [-0.25, -0.2) is 0 Å². The molecule has 4 nitrogen and oxygen atoms in total. The van der Waals surface area contributed by atoms with E-state index in [4.69, 9.17) is 9.47 Å². The van der Waals surface area contributed by atoms with Crippen LogP contribution in [0.3, 0.4) is 0 Å². The van der Waals surface area contributed by atoms with Gasteiger partial charge in [0.05, 0.1) is 25.3 Å². The van der Waals surface area contributed by atoms with Gasteiger partial charge in [0.2, 0.25) is 0 Å². The quantitative estimate of drug-likeness (QED) is 0.691. The van der Waals surface area contributed by atoms with Gasteiger partial charge in [0.15, 0.2) is 5.78 Å². The number of aromatic nitrogens is 1. The molecule has 0 spiro atoms. The number of carbonyl (C=O) groups excluding carboxylic acids is 1. The molecular weight excluding hydrogens is 278 g/mol. The Labute approximate surface area is 128 Å². The summed E-state index contributed by atoms with van der Waals surface area (Å²) in [4.78, 5) is 17.0. The second kappa shape index (κ2) is 5.85. The van der Waals surface area contributed by atoms with Crippen LogP contribution in [0, 0.1) is 0 Å². The maximum atomic E-state index is 12.7. The lowest BCUT2D eigenvalue weighted by molar-refractivity contribution is 0.103. The first kappa shape index (κ1) is 14.1. The first-order valence-corrected chi connectivity index (χ1v) is 6.84. The van der Waals surface area contributed by atoms with Crippen LogP contribution in [-0.2, 0) is 0 Å². The van der Waals surface area contributed by atoms with E-state index in [-0.39, 0.29) is 5.78 Å². The Morgan fingerprint density at radius 3 is 2.59 bits per heavy atom. The molecule has 0 saturated carbocycles. The van der Waals surface area contributed by atoms with Gasteiger partial charge in [-0.15, -0.1) is 0 Å². The molecule has 22 heavy (non-hydrogen) atoms. The molecule has 3 aromatic rings. The Hall–Kier alpha value is -2.88. The summed E-state index contributed by atoms with van der Waals surface area (Å²) < 4.78 is 10.4. The molecule has 110 valence electrons. The highest BCUT2D eigenvalue weighted by molar-refractivity contribution is 6.11. The van der Waals surface area contributed by atoms with Crippen LogP contribution >= 0.6 is 0 Å². The third kappa shape index (κ3) is 2.51. The minimum Gasteiger partial charge on any atom is -0.497 e. The van der Waals surface area contributed by atoms with E-state index >= 15 is 0 Å². The number of fused-ring (bicyclic) bond motifs is 1. The van der Waals surface area contributed by atoms with Crippen LogP contribution < -0.4 is 9.47 Å². The molecule has 0 atom stereocenters. The van der Waals surface area contributed by atoms with Crippen molar-refractivity contribution in [3.8, 4) is 11.5 Å². The summed E-state index contributed by atoms with van der Waals surface area (Å²) in [5.41, 5.74) is 1.88. The summed E-state index contributed by atoms with van der Waals surface area (Å²) in [5, 5.41) is 0.931. The number of methoxy groups -OCH3 is 2. The maximum Gasteiger partial charge on any atom is 0.198 e. The standard InChI is InChI=1S/C18H15NO3/c1-21-14-7-8-15(17(10-14)22-2)18(20)13-9-12-5-3-4-6-16(12)19-11-13/h3-11H,1-2H3. The van der Waals surface area contributed by atoms with E-state index in [1.165, 1.54) is 7.11 Å². The summed E-state index contributed by atoms with van der Waals surface area (Å²) in [7, 11) is 3.10. The lowest BCUT2D eigenvalue weighted by Gasteiger charge is -2.10. The molecule has 0 fully saturated rings. The van der Waals surface area contributed by atoms with Crippen molar-refractivity contribution >= 4 is 16.7 Å². The van der Waals surface area contributed by atoms with Gasteiger partial charge in [-0.2, -0.15) is 0 Å². The molecule has 1 aromatic heterocycles. The van der Waals surface area contributed by atoms with E-state index in [2.05, 4.69) is 4.98 Å². The van der Waals surface area contributed by atoms with E-state index in [0.717, 1.165) is 10.9 Å². The number of carbonyl (C=O) groups is 1. The van der Waals surface area contributed by atoms with E-state index in [1.54, 1.807) is 31.5 Å². The molecule has 2 aromatic carbocycles. The number of para-hydroxylation sites is 1. The Kier molecular flexibility index (Phi) is 3.74. The van der Waals surface area contributed by atoms with Crippen LogP contribution in [0.25, 0.3) is 10.9 Å². The molecule has 0 radical (unpaired) electrons. The number of rotatable bonds is 4. The van der Waals surface area contributed by atoms with Crippen LogP contribution in [0.1, 0.15) is 15.9 Å². The highest BCUT2D eigenvalue weighted by Crippen LogP contribution is 2.27. The molecule has 4 heteroatoms. The summed E-state index contributed by atoms with van der Waals surface area (Å²) in [6, 6.07) is 14.7. The van der Waals surface area contributed by atoms with Gasteiger partial charge in [-0.3, -0.25) is 9.78 Å². The van der Waals surface area contributed by atoms with E-state index in [9.17, 15) is 4.79 Å². The fraction of sp³-hybridized carbons (Fsp3) is 0.111. The molecule has 0 saturated heterocycles. The largest absolute Gasteiger partial charge is 0.497 e. The Morgan fingerprint density at radius 1 is 1.00 bits per heavy atom. The number of hydrogen-bond acceptors (Lipinski definition) is 4. The van der Waals surface area contributed by atoms with Gasteiger partial charge in [0.25, 0.3) is 0 Å². The van der Waals surface area contributed by atoms with Gasteiger partial charge in [0, 0.05) is 23.2 Å². The first-order valence-electron chi connectivity index (χ1n) is 6.84. The van der Waals surface area contributed by atoms with Gasteiger partial charge in [-0.1, -0.05) is 18.2 Å². The predicted octanol–water partition coefficient (Wildman–Crippen LogP) is 3.48. The van der Waals surface area contributed by atoms with Crippen molar-refractivity contribution in [3.05, 3.63) is 65.9 Å². The minimum absolute atomic E-state index is 0.127. The Balaban J connectivity index is 2.05. The molecule has 0 bridgehead atoms. The molecular formula is C18H15NO3. The zero-order valence-corrected chi connectivity index (χ0v) is 12.4. The van der Waals surface area contributed by atoms with E-state index < -0.39 is 0 Å². The second-order valence-electron chi connectivity index (χ2n) is 4.81. The van der Waals surface area contributed by atoms with Crippen molar-refractivity contribution in [3.63, 3.8) is 0 Å². The van der Waals surface area contributed by atoms with Gasteiger partial charge >= 0.3 is 0 Å². The van der Waals surface area contributed by atoms with Crippen molar-refractivity contribution in [2.75, 3.05) is 14.2 Å². The molecule has 0 unspecified atom stereocenters. The average Bonchev–Trinajstić information content (AvgIpc) is 2.60. The Bertz CT molecular complexity index is 843. The third-order valence-electron chi connectivity index (χ3n) is 3.51. The van der Waals surface area contributed by atoms with E-state index in [1.807, 2.05) is 30.3 Å². The van der Waals surface area contributed by atoms with Crippen molar-refractivity contribution in [1.29, 1.82) is 0 Å². The average molecular weight is 293 g/mol. The van der Waals surface area contributed by atoms with Crippen LogP contribution in [0.2, 0.25) is 0 Å². The van der Waals surface area contributed by atoms with Crippen LogP contribution in [-0.4, -0.2) is 25.0 Å². The van der Waals surface area contributed by atoms with Crippen molar-refractivity contribution in [2.24, 2.45) is 0 Å². The minimum atomic E-state index is -0.127. The fourth-order valence-electron chi connectivity index (χ4n) is 2.34. The summed E-state index contributed by atoms with van der Waals surface area (Å²) in [6.07, 6.45) is 1.59. The zero-order valence-electron chi connectivity index (χ0n) is 12.4. The number of nitrogens with zero attached hydrogens (tertiary/aromatic N) is 1. The van der Waals surface area contributed by atoms with E-state index in [0.29, 0.717) is 22.6 Å². The first-order chi connectivity index (χ1) is 10.7. The normalized spacial score (nSPS) is 10.5. The number of hydrogen-bond donors (Lipinski definition) is 0. The number of ether oxygens (including phenoxy) is 2. The summed E-state index contributed by atoms with van der Waals surface area (Å²) in [6.45, 7) is 0. The fourth-order valence-corrected chi connectivity index (χ4v) is 2.34. The predicted molar refractivity (Wildman–Crippen MR) is 84.7 cm³/mol. The monoisotopic (exact) mass is 293 g/mol.